The predicted octanol–water partition coefficient (Wildman–Crippen LogP) is 4.56. The van der Waals surface area contributed by atoms with Crippen molar-refractivity contribution in [2.45, 2.75) is 32.7 Å². The van der Waals surface area contributed by atoms with Gasteiger partial charge in [0.2, 0.25) is 0 Å². The van der Waals surface area contributed by atoms with Crippen molar-refractivity contribution in [3.63, 3.8) is 0 Å². The fourth-order valence-electron chi connectivity index (χ4n) is 2.39. The van der Waals surface area contributed by atoms with Crippen molar-refractivity contribution in [2.75, 3.05) is 6.54 Å². The Balaban J connectivity index is 2.29. The normalized spacial score (nSPS) is 12.4. The van der Waals surface area contributed by atoms with Gasteiger partial charge in [-0.05, 0) is 49.6 Å². The van der Waals surface area contributed by atoms with E-state index < -0.39 is 0 Å². The second kappa shape index (κ2) is 7.32. The molecule has 112 valence electrons. The molecule has 0 fully saturated rings. The fourth-order valence-corrected chi connectivity index (χ4v) is 2.39. The van der Waals surface area contributed by atoms with Crippen molar-refractivity contribution < 1.29 is 8.78 Å². The highest BCUT2D eigenvalue weighted by Crippen LogP contribution is 2.24. The molecule has 1 N–H and O–H groups in total. The Hall–Kier alpha value is -1.74. The number of benzene rings is 2. The lowest BCUT2D eigenvalue weighted by Gasteiger charge is -2.20. The van der Waals surface area contributed by atoms with Gasteiger partial charge in [-0.15, -0.1) is 0 Å². The maximum Gasteiger partial charge on any atom is 0.128 e. The SMILES string of the molecule is CCCNC(Cc1ccccc1)c1cc(F)c(C)cc1F. The molecule has 0 saturated heterocycles. The van der Waals surface area contributed by atoms with Crippen molar-refractivity contribution in [3.05, 3.63) is 70.8 Å². The average Bonchev–Trinajstić information content (AvgIpc) is 2.48. The highest BCUT2D eigenvalue weighted by atomic mass is 19.1. The van der Waals surface area contributed by atoms with Crippen LogP contribution in [0.1, 0.15) is 36.1 Å². The third-order valence-electron chi connectivity index (χ3n) is 3.58. The van der Waals surface area contributed by atoms with Crippen LogP contribution >= 0.6 is 0 Å². The molecule has 0 bridgehead atoms. The molecule has 0 radical (unpaired) electrons. The summed E-state index contributed by atoms with van der Waals surface area (Å²) in [6.07, 6.45) is 1.58. The molecule has 0 amide bonds. The third-order valence-corrected chi connectivity index (χ3v) is 3.58. The standard InChI is InChI=1S/C18H21F2N/c1-3-9-21-18(11-14-7-5-4-6-8-14)15-12-16(19)13(2)10-17(15)20/h4-8,10,12,18,21H,3,9,11H2,1-2H3. The highest BCUT2D eigenvalue weighted by Gasteiger charge is 2.17. The predicted molar refractivity (Wildman–Crippen MR) is 82.3 cm³/mol. The lowest BCUT2D eigenvalue weighted by molar-refractivity contribution is 0.489. The molecule has 0 saturated carbocycles. The lowest BCUT2D eigenvalue weighted by Crippen LogP contribution is -2.25. The zero-order chi connectivity index (χ0) is 15.2. The molecule has 2 aromatic carbocycles. The molecule has 0 aliphatic rings. The summed E-state index contributed by atoms with van der Waals surface area (Å²) >= 11 is 0. The zero-order valence-electron chi connectivity index (χ0n) is 12.5. The Morgan fingerprint density at radius 3 is 2.43 bits per heavy atom. The van der Waals surface area contributed by atoms with E-state index in [9.17, 15) is 8.78 Å². The largest absolute Gasteiger partial charge is 0.310 e. The second-order valence-corrected chi connectivity index (χ2v) is 5.32. The molecule has 1 unspecified atom stereocenters. The van der Waals surface area contributed by atoms with Crippen molar-refractivity contribution in [3.8, 4) is 0 Å². The van der Waals surface area contributed by atoms with E-state index in [0.717, 1.165) is 18.5 Å². The van der Waals surface area contributed by atoms with Gasteiger partial charge in [0.1, 0.15) is 11.6 Å². The molecule has 21 heavy (non-hydrogen) atoms. The van der Waals surface area contributed by atoms with E-state index in [2.05, 4.69) is 12.2 Å². The maximum atomic E-state index is 14.2. The Bertz CT molecular complexity index is 581. The number of rotatable bonds is 6. The van der Waals surface area contributed by atoms with Crippen molar-refractivity contribution >= 4 is 0 Å². The monoisotopic (exact) mass is 289 g/mol. The van der Waals surface area contributed by atoms with Crippen LogP contribution in [-0.4, -0.2) is 6.54 Å². The van der Waals surface area contributed by atoms with Crippen molar-refractivity contribution in [1.82, 2.24) is 5.32 Å². The van der Waals surface area contributed by atoms with Gasteiger partial charge in [0.05, 0.1) is 0 Å². The van der Waals surface area contributed by atoms with E-state index in [4.69, 9.17) is 0 Å². The molecule has 0 heterocycles. The Kier molecular flexibility index (Phi) is 5.45. The molecule has 0 aliphatic heterocycles. The summed E-state index contributed by atoms with van der Waals surface area (Å²) in [4.78, 5) is 0. The smallest absolute Gasteiger partial charge is 0.128 e. The van der Waals surface area contributed by atoms with Crippen LogP contribution in [0.25, 0.3) is 0 Å². The van der Waals surface area contributed by atoms with Gasteiger partial charge in [0.15, 0.2) is 0 Å². The summed E-state index contributed by atoms with van der Waals surface area (Å²) in [6.45, 7) is 4.40. The minimum Gasteiger partial charge on any atom is -0.310 e. The first-order chi connectivity index (χ1) is 10.1. The number of halogens is 2. The van der Waals surface area contributed by atoms with Crippen LogP contribution in [0.15, 0.2) is 42.5 Å². The molecule has 0 aliphatic carbocycles. The van der Waals surface area contributed by atoms with Gasteiger partial charge in [0, 0.05) is 11.6 Å². The summed E-state index contributed by atoms with van der Waals surface area (Å²) in [5.74, 6) is -0.707. The van der Waals surface area contributed by atoms with Gasteiger partial charge in [-0.1, -0.05) is 37.3 Å². The molecule has 0 spiro atoms. The van der Waals surface area contributed by atoms with E-state index in [0.29, 0.717) is 17.5 Å². The van der Waals surface area contributed by atoms with Crippen LogP contribution in [0.4, 0.5) is 8.78 Å². The first kappa shape index (κ1) is 15.6. The first-order valence-electron chi connectivity index (χ1n) is 7.34. The van der Waals surface area contributed by atoms with E-state index in [1.54, 1.807) is 6.92 Å². The van der Waals surface area contributed by atoms with E-state index >= 15 is 0 Å². The minimum absolute atomic E-state index is 0.220. The first-order valence-corrected chi connectivity index (χ1v) is 7.34. The highest BCUT2D eigenvalue weighted by molar-refractivity contribution is 5.29. The molecule has 1 nitrogen and oxygen atoms in total. The van der Waals surface area contributed by atoms with Crippen LogP contribution in [-0.2, 0) is 6.42 Å². The second-order valence-electron chi connectivity index (χ2n) is 5.32. The van der Waals surface area contributed by atoms with Gasteiger partial charge in [0.25, 0.3) is 0 Å². The van der Waals surface area contributed by atoms with Gasteiger partial charge in [-0.3, -0.25) is 0 Å². The molecule has 1 atom stereocenters. The zero-order valence-corrected chi connectivity index (χ0v) is 12.5. The van der Waals surface area contributed by atoms with E-state index in [-0.39, 0.29) is 17.7 Å². The summed E-state index contributed by atoms with van der Waals surface area (Å²) in [6, 6.07) is 12.2. The molecule has 3 heteroatoms. The lowest BCUT2D eigenvalue weighted by atomic mass is 9.97. The molecule has 0 aromatic heterocycles. The average molecular weight is 289 g/mol. The van der Waals surface area contributed by atoms with Gasteiger partial charge >= 0.3 is 0 Å². The quantitative estimate of drug-likeness (QED) is 0.822. The van der Waals surface area contributed by atoms with Crippen LogP contribution in [0, 0.1) is 18.6 Å². The van der Waals surface area contributed by atoms with Crippen LogP contribution < -0.4 is 5.32 Å². The number of nitrogens with one attached hydrogen (secondary N) is 1. The fraction of sp³-hybridized carbons (Fsp3) is 0.333. The van der Waals surface area contributed by atoms with Gasteiger partial charge in [-0.2, -0.15) is 0 Å². The molecular weight excluding hydrogens is 268 g/mol. The summed E-state index contributed by atoms with van der Waals surface area (Å²) in [5, 5.41) is 3.32. The third kappa shape index (κ3) is 4.11. The summed E-state index contributed by atoms with van der Waals surface area (Å²) in [5.41, 5.74) is 1.84. The Morgan fingerprint density at radius 1 is 1.05 bits per heavy atom. The molecule has 2 aromatic rings. The van der Waals surface area contributed by atoms with Crippen LogP contribution in [0.2, 0.25) is 0 Å². The summed E-state index contributed by atoms with van der Waals surface area (Å²) < 4.78 is 28.0. The van der Waals surface area contributed by atoms with Crippen LogP contribution in [0.5, 0.6) is 0 Å². The topological polar surface area (TPSA) is 12.0 Å². The van der Waals surface area contributed by atoms with E-state index in [1.807, 2.05) is 30.3 Å². The number of hydrogen-bond donors (Lipinski definition) is 1. The van der Waals surface area contributed by atoms with Crippen LogP contribution in [0.3, 0.4) is 0 Å². The number of aryl methyl sites for hydroxylation is 1. The van der Waals surface area contributed by atoms with Crippen molar-refractivity contribution in [2.24, 2.45) is 0 Å². The summed E-state index contributed by atoms with van der Waals surface area (Å²) in [7, 11) is 0. The van der Waals surface area contributed by atoms with Gasteiger partial charge < -0.3 is 5.32 Å². The Labute approximate surface area is 125 Å². The maximum absolute atomic E-state index is 14.2. The Morgan fingerprint density at radius 2 is 1.76 bits per heavy atom. The number of hydrogen-bond acceptors (Lipinski definition) is 1. The van der Waals surface area contributed by atoms with Crippen molar-refractivity contribution in [1.29, 1.82) is 0 Å². The minimum atomic E-state index is -0.359. The van der Waals surface area contributed by atoms with Gasteiger partial charge in [-0.25, -0.2) is 8.78 Å². The molecular formula is C18H21F2N. The molecule has 2 rings (SSSR count). The van der Waals surface area contributed by atoms with E-state index in [1.165, 1.54) is 12.1 Å².